The van der Waals surface area contributed by atoms with E-state index in [0.29, 0.717) is 30.2 Å². The molecule has 2 heterocycles. The molecule has 1 aliphatic carbocycles. The van der Waals surface area contributed by atoms with Gasteiger partial charge in [-0.15, -0.1) is 0 Å². The molecule has 2 aliphatic rings. The molecule has 0 saturated heterocycles. The predicted octanol–water partition coefficient (Wildman–Crippen LogP) is 2.30. The van der Waals surface area contributed by atoms with Crippen molar-refractivity contribution in [2.45, 2.75) is 36.7 Å². The van der Waals surface area contributed by atoms with Crippen molar-refractivity contribution in [1.29, 1.82) is 0 Å². The zero-order valence-electron chi connectivity index (χ0n) is 16.6. The van der Waals surface area contributed by atoms with E-state index in [-0.39, 0.29) is 22.9 Å². The summed E-state index contributed by atoms with van der Waals surface area (Å²) in [5.74, 6) is -0.370. The van der Waals surface area contributed by atoms with Gasteiger partial charge in [0.15, 0.2) is 5.13 Å². The van der Waals surface area contributed by atoms with E-state index >= 15 is 0 Å². The Labute approximate surface area is 178 Å². The summed E-state index contributed by atoms with van der Waals surface area (Å²) in [6.45, 7) is 0.915. The maximum atomic E-state index is 12.6. The van der Waals surface area contributed by atoms with Gasteiger partial charge in [-0.1, -0.05) is 11.3 Å². The van der Waals surface area contributed by atoms with Gasteiger partial charge in [0.25, 0.3) is 5.91 Å². The van der Waals surface area contributed by atoms with Crippen LogP contribution in [0.3, 0.4) is 0 Å². The lowest BCUT2D eigenvalue weighted by Gasteiger charge is -2.24. The number of methoxy groups -OCH3 is 1. The molecule has 0 bridgehead atoms. The van der Waals surface area contributed by atoms with Gasteiger partial charge in [-0.2, -0.15) is 4.31 Å². The first-order chi connectivity index (χ1) is 14.3. The molecule has 30 heavy (non-hydrogen) atoms. The van der Waals surface area contributed by atoms with Crippen LogP contribution in [0.4, 0.5) is 9.93 Å². The maximum Gasteiger partial charge on any atom is 0.409 e. The van der Waals surface area contributed by atoms with Crippen LogP contribution in [0.5, 0.6) is 0 Å². The van der Waals surface area contributed by atoms with E-state index in [1.165, 1.54) is 47.0 Å². The molecule has 0 spiro atoms. The monoisotopic (exact) mass is 450 g/mol. The van der Waals surface area contributed by atoms with E-state index in [1.807, 2.05) is 0 Å². The number of aromatic nitrogens is 1. The molecule has 1 aromatic heterocycles. The Morgan fingerprint density at radius 3 is 2.60 bits per heavy atom. The first-order valence-electron chi connectivity index (χ1n) is 9.50. The molecule has 1 saturated carbocycles. The molecule has 11 heteroatoms. The summed E-state index contributed by atoms with van der Waals surface area (Å²) in [5, 5.41) is 3.20. The van der Waals surface area contributed by atoms with Gasteiger partial charge >= 0.3 is 6.09 Å². The lowest BCUT2D eigenvalue weighted by Crippen LogP contribution is -2.35. The molecule has 0 unspecified atom stereocenters. The third-order valence-corrected chi connectivity index (χ3v) is 8.16. The van der Waals surface area contributed by atoms with Crippen molar-refractivity contribution in [3.8, 4) is 0 Å². The second-order valence-corrected chi connectivity index (χ2v) is 10.3. The molecule has 0 radical (unpaired) electrons. The Kier molecular flexibility index (Phi) is 5.51. The fourth-order valence-corrected chi connectivity index (χ4v) is 5.72. The summed E-state index contributed by atoms with van der Waals surface area (Å²) in [5.41, 5.74) is 1.20. The SMILES string of the molecule is COC(=O)N1CCc2nc(NC(=O)c3ccc(S(=O)(=O)N(C)C4CC4)cc3)sc2C1. The maximum absolute atomic E-state index is 12.6. The van der Waals surface area contributed by atoms with Crippen molar-refractivity contribution < 1.29 is 22.7 Å². The van der Waals surface area contributed by atoms with Crippen LogP contribution in [0, 0.1) is 0 Å². The number of sulfonamides is 1. The molecule has 2 amide bonds. The molecule has 4 rings (SSSR count). The number of nitrogens with zero attached hydrogens (tertiary/aromatic N) is 3. The Morgan fingerprint density at radius 2 is 1.97 bits per heavy atom. The Balaban J connectivity index is 1.44. The minimum atomic E-state index is -3.54. The number of hydrogen-bond donors (Lipinski definition) is 1. The van der Waals surface area contributed by atoms with Gasteiger partial charge < -0.3 is 9.64 Å². The second-order valence-electron chi connectivity index (χ2n) is 7.26. The third-order valence-electron chi connectivity index (χ3n) is 5.24. The van der Waals surface area contributed by atoms with Crippen molar-refractivity contribution in [3.05, 3.63) is 40.4 Å². The van der Waals surface area contributed by atoms with Crippen LogP contribution in [0.25, 0.3) is 0 Å². The van der Waals surface area contributed by atoms with E-state index in [4.69, 9.17) is 4.74 Å². The minimum absolute atomic E-state index is 0.0732. The van der Waals surface area contributed by atoms with Crippen LogP contribution in [-0.4, -0.2) is 61.4 Å². The molecule has 1 aliphatic heterocycles. The van der Waals surface area contributed by atoms with E-state index in [9.17, 15) is 18.0 Å². The third kappa shape index (κ3) is 4.05. The van der Waals surface area contributed by atoms with Gasteiger partial charge in [-0.25, -0.2) is 18.2 Å². The highest BCUT2D eigenvalue weighted by atomic mass is 32.2. The van der Waals surface area contributed by atoms with Crippen LogP contribution in [-0.2, 0) is 27.7 Å². The van der Waals surface area contributed by atoms with Crippen LogP contribution >= 0.6 is 11.3 Å². The van der Waals surface area contributed by atoms with Gasteiger partial charge in [-0.3, -0.25) is 10.1 Å². The van der Waals surface area contributed by atoms with Crippen LogP contribution < -0.4 is 5.32 Å². The number of hydrogen-bond acceptors (Lipinski definition) is 7. The average Bonchev–Trinajstić information content (AvgIpc) is 3.52. The molecule has 1 aromatic carbocycles. The van der Waals surface area contributed by atoms with Crippen molar-refractivity contribution in [2.75, 3.05) is 26.0 Å². The van der Waals surface area contributed by atoms with Crippen LogP contribution in [0.2, 0.25) is 0 Å². The van der Waals surface area contributed by atoms with Crippen molar-refractivity contribution in [2.24, 2.45) is 0 Å². The number of thiazole rings is 1. The fraction of sp³-hybridized carbons (Fsp3) is 0.421. The number of nitrogens with one attached hydrogen (secondary N) is 1. The largest absolute Gasteiger partial charge is 0.453 e. The lowest BCUT2D eigenvalue weighted by atomic mass is 10.2. The summed E-state index contributed by atoms with van der Waals surface area (Å²) in [6, 6.07) is 5.96. The average molecular weight is 451 g/mol. The molecular weight excluding hydrogens is 428 g/mol. The van der Waals surface area contributed by atoms with Crippen molar-refractivity contribution in [3.63, 3.8) is 0 Å². The number of rotatable bonds is 5. The first kappa shape index (κ1) is 20.8. The molecule has 0 atom stereocenters. The van der Waals surface area contributed by atoms with Gasteiger partial charge in [0.2, 0.25) is 10.0 Å². The summed E-state index contributed by atoms with van der Waals surface area (Å²) in [4.78, 5) is 31.4. The quantitative estimate of drug-likeness (QED) is 0.749. The zero-order valence-corrected chi connectivity index (χ0v) is 18.3. The number of amides is 2. The number of fused-ring (bicyclic) bond motifs is 1. The van der Waals surface area contributed by atoms with Crippen LogP contribution in [0.15, 0.2) is 29.2 Å². The van der Waals surface area contributed by atoms with E-state index in [1.54, 1.807) is 11.9 Å². The summed E-state index contributed by atoms with van der Waals surface area (Å²) < 4.78 is 31.3. The number of carbonyl (C=O) groups is 2. The van der Waals surface area contributed by atoms with Gasteiger partial charge in [0.1, 0.15) is 0 Å². The minimum Gasteiger partial charge on any atom is -0.453 e. The number of carbonyl (C=O) groups excluding carboxylic acids is 2. The van der Waals surface area contributed by atoms with Crippen molar-refractivity contribution >= 4 is 38.5 Å². The Bertz CT molecular complexity index is 1080. The summed E-state index contributed by atoms with van der Waals surface area (Å²) in [6.07, 6.45) is 1.97. The molecular formula is C19H22N4O5S2. The second kappa shape index (κ2) is 7.97. The Hall–Kier alpha value is -2.50. The first-order valence-corrected chi connectivity index (χ1v) is 11.8. The molecule has 1 N–H and O–H groups in total. The molecule has 1 fully saturated rings. The van der Waals surface area contributed by atoms with Gasteiger partial charge in [-0.05, 0) is 37.1 Å². The normalized spacial score (nSPS) is 16.3. The smallest absolute Gasteiger partial charge is 0.409 e. The van der Waals surface area contributed by atoms with Crippen LogP contribution in [0.1, 0.15) is 33.8 Å². The Morgan fingerprint density at radius 1 is 1.27 bits per heavy atom. The standard InChI is InChI=1S/C19H22N4O5S2/c1-22(13-5-6-13)30(26,27)14-7-3-12(4-8-14)17(24)21-18-20-15-9-10-23(19(25)28-2)11-16(15)29-18/h3-4,7-8,13H,5-6,9-11H2,1-2H3,(H,20,21,24). The zero-order chi connectivity index (χ0) is 21.5. The highest BCUT2D eigenvalue weighted by Gasteiger charge is 2.35. The van der Waals surface area contributed by atoms with E-state index < -0.39 is 10.0 Å². The summed E-state index contributed by atoms with van der Waals surface area (Å²) >= 11 is 1.32. The number of ether oxygens (including phenoxy) is 1. The molecule has 9 nitrogen and oxygen atoms in total. The van der Waals surface area contributed by atoms with Gasteiger partial charge in [0, 0.05) is 36.5 Å². The van der Waals surface area contributed by atoms with Crippen molar-refractivity contribution in [1.82, 2.24) is 14.2 Å². The topological polar surface area (TPSA) is 109 Å². The van der Waals surface area contributed by atoms with E-state index in [0.717, 1.165) is 23.4 Å². The van der Waals surface area contributed by atoms with E-state index in [2.05, 4.69) is 10.3 Å². The van der Waals surface area contributed by atoms with Gasteiger partial charge in [0.05, 0.1) is 24.2 Å². The lowest BCUT2D eigenvalue weighted by molar-refractivity contribution is 0.102. The molecule has 2 aromatic rings. The highest BCUT2D eigenvalue weighted by molar-refractivity contribution is 7.89. The highest BCUT2D eigenvalue weighted by Crippen LogP contribution is 2.31. The fourth-order valence-electron chi connectivity index (χ4n) is 3.28. The predicted molar refractivity (Wildman–Crippen MR) is 111 cm³/mol. The molecule has 160 valence electrons. The number of anilines is 1. The number of benzene rings is 1. The summed E-state index contributed by atoms with van der Waals surface area (Å²) in [7, 11) is -0.618.